The number of carbonyl (C=O) groups is 1. The number of hydrogen-bond donors (Lipinski definition) is 3. The first-order valence-corrected chi connectivity index (χ1v) is 5.74. The average molecular weight is 276 g/mol. The molecule has 0 spiro atoms. The topological polar surface area (TPSA) is 84.6 Å². The zero-order valence-electron chi connectivity index (χ0n) is 10.7. The van der Waals surface area contributed by atoms with Crippen LogP contribution in [0.5, 0.6) is 11.5 Å². The van der Waals surface area contributed by atoms with Crippen LogP contribution in [0.1, 0.15) is 10.4 Å². The first kappa shape index (κ1) is 13.7. The first-order valence-electron chi connectivity index (χ1n) is 5.74. The van der Waals surface area contributed by atoms with Crippen molar-refractivity contribution in [2.75, 3.05) is 18.2 Å². The second kappa shape index (κ2) is 5.48. The fourth-order valence-corrected chi connectivity index (χ4v) is 1.64. The van der Waals surface area contributed by atoms with Gasteiger partial charge in [0.2, 0.25) is 0 Å². The number of nitrogens with two attached hydrogens (primary N) is 1. The van der Waals surface area contributed by atoms with Gasteiger partial charge in [0.1, 0.15) is 5.82 Å². The summed E-state index contributed by atoms with van der Waals surface area (Å²) in [6, 6.07) is 8.18. The molecule has 0 atom stereocenters. The zero-order valence-corrected chi connectivity index (χ0v) is 10.7. The van der Waals surface area contributed by atoms with Gasteiger partial charge in [-0.3, -0.25) is 4.79 Å². The van der Waals surface area contributed by atoms with E-state index in [4.69, 9.17) is 10.5 Å². The van der Waals surface area contributed by atoms with E-state index in [1.807, 2.05) is 0 Å². The highest BCUT2D eigenvalue weighted by Crippen LogP contribution is 2.28. The number of carbonyl (C=O) groups excluding carboxylic acids is 1. The van der Waals surface area contributed by atoms with E-state index in [1.54, 1.807) is 6.07 Å². The molecule has 0 aliphatic heterocycles. The Labute approximate surface area is 114 Å². The lowest BCUT2D eigenvalue weighted by Gasteiger charge is -2.08. The highest BCUT2D eigenvalue weighted by Gasteiger charge is 2.10. The molecule has 104 valence electrons. The van der Waals surface area contributed by atoms with Crippen LogP contribution in [0.3, 0.4) is 0 Å². The van der Waals surface area contributed by atoms with Gasteiger partial charge in [-0.15, -0.1) is 0 Å². The molecular weight excluding hydrogens is 263 g/mol. The SMILES string of the molecule is COc1ccc(NC(=O)c2ccc(N)c(F)c2)cc1O. The van der Waals surface area contributed by atoms with Gasteiger partial charge in [0, 0.05) is 17.3 Å². The summed E-state index contributed by atoms with van der Waals surface area (Å²) in [4.78, 5) is 11.9. The predicted octanol–water partition coefficient (Wildman–Crippen LogP) is 2.37. The third kappa shape index (κ3) is 2.80. The largest absolute Gasteiger partial charge is 0.504 e. The molecule has 0 saturated carbocycles. The number of aromatic hydroxyl groups is 1. The Balaban J connectivity index is 2.19. The second-order valence-electron chi connectivity index (χ2n) is 4.08. The summed E-state index contributed by atoms with van der Waals surface area (Å²) in [5, 5.41) is 12.1. The van der Waals surface area contributed by atoms with Crippen LogP contribution in [-0.2, 0) is 0 Å². The summed E-state index contributed by atoms with van der Waals surface area (Å²) in [5.74, 6) is -0.973. The van der Waals surface area contributed by atoms with Crippen LogP contribution in [0.2, 0.25) is 0 Å². The molecule has 0 heterocycles. The van der Waals surface area contributed by atoms with E-state index in [0.717, 1.165) is 6.07 Å². The molecule has 2 rings (SSSR count). The van der Waals surface area contributed by atoms with E-state index in [0.29, 0.717) is 11.4 Å². The van der Waals surface area contributed by atoms with Crippen molar-refractivity contribution in [2.45, 2.75) is 0 Å². The molecule has 0 aliphatic carbocycles. The average Bonchev–Trinajstić information content (AvgIpc) is 2.42. The van der Waals surface area contributed by atoms with E-state index < -0.39 is 11.7 Å². The summed E-state index contributed by atoms with van der Waals surface area (Å²) >= 11 is 0. The summed E-state index contributed by atoms with van der Waals surface area (Å²) in [6.07, 6.45) is 0. The maximum atomic E-state index is 13.3. The van der Waals surface area contributed by atoms with Crippen LogP contribution in [0.25, 0.3) is 0 Å². The number of amides is 1. The maximum Gasteiger partial charge on any atom is 0.255 e. The van der Waals surface area contributed by atoms with Crippen LogP contribution in [0.15, 0.2) is 36.4 Å². The number of methoxy groups -OCH3 is 1. The molecule has 0 unspecified atom stereocenters. The van der Waals surface area contributed by atoms with Crippen molar-refractivity contribution < 1.29 is 19.0 Å². The lowest BCUT2D eigenvalue weighted by Crippen LogP contribution is -2.12. The number of ether oxygens (including phenoxy) is 1. The van der Waals surface area contributed by atoms with Crippen molar-refractivity contribution >= 4 is 17.3 Å². The molecule has 0 bridgehead atoms. The molecule has 0 aromatic heterocycles. The summed E-state index contributed by atoms with van der Waals surface area (Å²) in [5.41, 5.74) is 5.81. The third-order valence-corrected chi connectivity index (χ3v) is 2.70. The minimum absolute atomic E-state index is 0.0244. The van der Waals surface area contributed by atoms with Gasteiger partial charge >= 0.3 is 0 Å². The number of hydrogen-bond acceptors (Lipinski definition) is 4. The van der Waals surface area contributed by atoms with Crippen molar-refractivity contribution in [1.29, 1.82) is 0 Å². The van der Waals surface area contributed by atoms with Crippen LogP contribution in [-0.4, -0.2) is 18.1 Å². The van der Waals surface area contributed by atoms with Crippen molar-refractivity contribution in [3.63, 3.8) is 0 Å². The Morgan fingerprint density at radius 3 is 2.65 bits per heavy atom. The Hall–Kier alpha value is -2.76. The normalized spacial score (nSPS) is 10.1. The molecule has 6 heteroatoms. The van der Waals surface area contributed by atoms with E-state index >= 15 is 0 Å². The quantitative estimate of drug-likeness (QED) is 0.751. The molecule has 4 N–H and O–H groups in total. The standard InChI is InChI=1S/C14H13FN2O3/c1-20-13-5-3-9(7-12(13)18)17-14(19)8-2-4-11(16)10(15)6-8/h2-7,18H,16H2,1H3,(H,17,19). The van der Waals surface area contributed by atoms with Crippen LogP contribution < -0.4 is 15.8 Å². The number of rotatable bonds is 3. The van der Waals surface area contributed by atoms with Gasteiger partial charge in [-0.05, 0) is 30.3 Å². The van der Waals surface area contributed by atoms with Crippen molar-refractivity contribution in [1.82, 2.24) is 0 Å². The Kier molecular flexibility index (Phi) is 3.74. The molecule has 20 heavy (non-hydrogen) atoms. The molecule has 2 aromatic carbocycles. The van der Waals surface area contributed by atoms with Gasteiger partial charge < -0.3 is 20.9 Å². The molecule has 0 fully saturated rings. The van der Waals surface area contributed by atoms with Crippen molar-refractivity contribution in [3.8, 4) is 11.5 Å². The summed E-state index contributed by atoms with van der Waals surface area (Å²) in [6.45, 7) is 0. The maximum absolute atomic E-state index is 13.3. The van der Waals surface area contributed by atoms with Crippen molar-refractivity contribution in [2.24, 2.45) is 0 Å². The summed E-state index contributed by atoms with van der Waals surface area (Å²) in [7, 11) is 1.42. The monoisotopic (exact) mass is 276 g/mol. The molecule has 0 radical (unpaired) electrons. The highest BCUT2D eigenvalue weighted by molar-refractivity contribution is 6.04. The van der Waals surface area contributed by atoms with E-state index in [2.05, 4.69) is 5.32 Å². The molecule has 5 nitrogen and oxygen atoms in total. The number of nitrogen functional groups attached to an aromatic ring is 1. The molecule has 0 aliphatic rings. The number of nitrogens with one attached hydrogen (secondary N) is 1. The first-order chi connectivity index (χ1) is 9.51. The van der Waals surface area contributed by atoms with E-state index in [-0.39, 0.29) is 17.0 Å². The lowest BCUT2D eigenvalue weighted by atomic mass is 10.2. The number of phenols is 1. The van der Waals surface area contributed by atoms with Gasteiger partial charge in [-0.25, -0.2) is 4.39 Å². The molecular formula is C14H13FN2O3. The van der Waals surface area contributed by atoms with Gasteiger partial charge in [-0.1, -0.05) is 0 Å². The molecule has 1 amide bonds. The Morgan fingerprint density at radius 2 is 2.05 bits per heavy atom. The number of anilines is 2. The molecule has 2 aromatic rings. The molecule has 0 saturated heterocycles. The van der Waals surface area contributed by atoms with Crippen molar-refractivity contribution in [3.05, 3.63) is 47.8 Å². The fraction of sp³-hybridized carbons (Fsp3) is 0.0714. The number of benzene rings is 2. The minimum Gasteiger partial charge on any atom is -0.504 e. The highest BCUT2D eigenvalue weighted by atomic mass is 19.1. The summed E-state index contributed by atoms with van der Waals surface area (Å²) < 4.78 is 18.2. The van der Waals surface area contributed by atoms with Gasteiger partial charge in [0.25, 0.3) is 5.91 Å². The Bertz CT molecular complexity index is 659. The number of phenolic OH excluding ortho intramolecular Hbond substituents is 1. The fourth-order valence-electron chi connectivity index (χ4n) is 1.64. The van der Waals surface area contributed by atoms with Crippen LogP contribution in [0.4, 0.5) is 15.8 Å². The van der Waals surface area contributed by atoms with E-state index in [9.17, 15) is 14.3 Å². The Morgan fingerprint density at radius 1 is 1.30 bits per heavy atom. The predicted molar refractivity (Wildman–Crippen MR) is 73.4 cm³/mol. The minimum atomic E-state index is -0.657. The zero-order chi connectivity index (χ0) is 14.7. The third-order valence-electron chi connectivity index (χ3n) is 2.70. The smallest absolute Gasteiger partial charge is 0.255 e. The lowest BCUT2D eigenvalue weighted by molar-refractivity contribution is 0.102. The van der Waals surface area contributed by atoms with Gasteiger partial charge in [0.05, 0.1) is 12.8 Å². The van der Waals surface area contributed by atoms with Gasteiger partial charge in [-0.2, -0.15) is 0 Å². The van der Waals surface area contributed by atoms with E-state index in [1.165, 1.54) is 31.4 Å². The van der Waals surface area contributed by atoms with Crippen LogP contribution >= 0.6 is 0 Å². The second-order valence-corrected chi connectivity index (χ2v) is 4.08. The number of halogens is 1. The van der Waals surface area contributed by atoms with Gasteiger partial charge in [0.15, 0.2) is 11.5 Å². The van der Waals surface area contributed by atoms with Crippen LogP contribution in [0, 0.1) is 5.82 Å².